The van der Waals surface area contributed by atoms with Gasteiger partial charge in [-0.05, 0) is 17.5 Å². The largest absolute Gasteiger partial charge is 0.480 e. The maximum Gasteiger partial charge on any atom is 0.408 e. The summed E-state index contributed by atoms with van der Waals surface area (Å²) in [7, 11) is 0. The maximum atomic E-state index is 15.9. The van der Waals surface area contributed by atoms with Gasteiger partial charge < -0.3 is 30.0 Å². The van der Waals surface area contributed by atoms with Crippen LogP contribution in [0.4, 0.5) is 13.6 Å². The Labute approximate surface area is 232 Å². The predicted molar refractivity (Wildman–Crippen MR) is 141 cm³/mol. The molecule has 0 saturated carbocycles. The minimum absolute atomic E-state index is 0.118. The first-order chi connectivity index (χ1) is 19.0. The Kier molecular flexibility index (Phi) is 11.0. The molecule has 3 rings (SSSR count). The molecule has 11 heteroatoms. The molecule has 218 valence electrons. The molecule has 0 aliphatic carbocycles. The van der Waals surface area contributed by atoms with E-state index in [0.29, 0.717) is 12.0 Å². The molecule has 1 fully saturated rings. The third-order valence-electron chi connectivity index (χ3n) is 6.86. The molecule has 2 aromatic carbocycles. The van der Waals surface area contributed by atoms with Gasteiger partial charge in [-0.1, -0.05) is 74.5 Å². The molecule has 9 nitrogen and oxygen atoms in total. The van der Waals surface area contributed by atoms with E-state index >= 15 is 8.78 Å². The number of aliphatic carboxylic acids is 1. The van der Waals surface area contributed by atoms with Crippen LogP contribution in [0.25, 0.3) is 0 Å². The molecule has 2 aromatic rings. The smallest absolute Gasteiger partial charge is 0.408 e. The van der Waals surface area contributed by atoms with Gasteiger partial charge in [0, 0.05) is 19.3 Å². The molecule has 40 heavy (non-hydrogen) atoms. The van der Waals surface area contributed by atoms with Crippen molar-refractivity contribution in [2.75, 3.05) is 0 Å². The summed E-state index contributed by atoms with van der Waals surface area (Å²) in [6.07, 6.45) is -5.47. The van der Waals surface area contributed by atoms with Gasteiger partial charge in [-0.25, -0.2) is 18.4 Å². The average molecular weight is 563 g/mol. The van der Waals surface area contributed by atoms with Gasteiger partial charge in [0.25, 0.3) is 5.92 Å². The van der Waals surface area contributed by atoms with Crippen LogP contribution in [-0.2, 0) is 37.0 Å². The van der Waals surface area contributed by atoms with Gasteiger partial charge in [0.1, 0.15) is 18.8 Å². The number of amides is 2. The molecule has 1 saturated heterocycles. The first-order valence-corrected chi connectivity index (χ1v) is 13.2. The summed E-state index contributed by atoms with van der Waals surface area (Å²) in [5, 5.41) is 14.2. The molecule has 2 amide bonds. The normalized spacial score (nSPS) is 23.6. The Bertz CT molecular complexity index is 1120. The second kappa shape index (κ2) is 14.2. The van der Waals surface area contributed by atoms with E-state index < -0.39 is 60.7 Å². The zero-order chi connectivity index (χ0) is 29.3. The molecule has 0 unspecified atom stereocenters. The van der Waals surface area contributed by atoms with Crippen molar-refractivity contribution in [3.05, 3.63) is 71.8 Å². The van der Waals surface area contributed by atoms with E-state index in [-0.39, 0.29) is 19.1 Å². The number of carbonyl (C=O) groups excluding carboxylic acids is 2. The minimum Gasteiger partial charge on any atom is -0.480 e. The summed E-state index contributed by atoms with van der Waals surface area (Å²) in [5.41, 5.74) is 1.47. The highest BCUT2D eigenvalue weighted by molar-refractivity contribution is 5.80. The molecular weight excluding hydrogens is 526 g/mol. The number of alkyl halides is 2. The molecule has 0 aromatic heterocycles. The number of halogens is 2. The van der Waals surface area contributed by atoms with Gasteiger partial charge in [-0.2, -0.15) is 0 Å². The van der Waals surface area contributed by atoms with Crippen molar-refractivity contribution < 1.29 is 42.5 Å². The fraction of sp³-hybridized carbons (Fsp3) is 0.483. The van der Waals surface area contributed by atoms with Crippen LogP contribution in [0.1, 0.15) is 44.7 Å². The zero-order valence-corrected chi connectivity index (χ0v) is 22.7. The molecule has 0 radical (unpaired) electrons. The summed E-state index contributed by atoms with van der Waals surface area (Å²) in [4.78, 5) is 36.2. The molecule has 0 bridgehead atoms. The van der Waals surface area contributed by atoms with Crippen molar-refractivity contribution in [3.8, 4) is 0 Å². The number of carbonyl (C=O) groups is 3. The molecule has 1 aliphatic heterocycles. The molecule has 6 atom stereocenters. The first kappa shape index (κ1) is 31.0. The SMILES string of the molecule is CC[C@H]1O[C@H](C(F)(F)C[C@H](NC(=O)OCc2ccccc2)C(=O)O)[C@H](NC(C)=O)[C@@H](OCc2ccccc2)[C@H]1C. The number of hydrogen-bond donors (Lipinski definition) is 3. The topological polar surface area (TPSA) is 123 Å². The van der Waals surface area contributed by atoms with Crippen molar-refractivity contribution in [2.24, 2.45) is 5.92 Å². The van der Waals surface area contributed by atoms with Crippen LogP contribution in [0.5, 0.6) is 0 Å². The van der Waals surface area contributed by atoms with E-state index in [9.17, 15) is 19.5 Å². The maximum absolute atomic E-state index is 15.9. The number of alkyl carbamates (subject to hydrolysis) is 1. The number of nitrogens with one attached hydrogen (secondary N) is 2. The predicted octanol–water partition coefficient (Wildman–Crippen LogP) is 4.30. The quantitative estimate of drug-likeness (QED) is 0.353. The third kappa shape index (κ3) is 8.46. The second-order valence-electron chi connectivity index (χ2n) is 9.91. The summed E-state index contributed by atoms with van der Waals surface area (Å²) >= 11 is 0. The van der Waals surface area contributed by atoms with Gasteiger partial charge in [-0.3, -0.25) is 4.79 Å². The highest BCUT2D eigenvalue weighted by Crippen LogP contribution is 2.39. The lowest BCUT2D eigenvalue weighted by Gasteiger charge is -2.48. The zero-order valence-electron chi connectivity index (χ0n) is 22.7. The Morgan fingerprint density at radius 2 is 1.60 bits per heavy atom. The van der Waals surface area contributed by atoms with Gasteiger partial charge >= 0.3 is 12.1 Å². The fourth-order valence-electron chi connectivity index (χ4n) is 4.85. The molecule has 0 spiro atoms. The van der Waals surface area contributed by atoms with Crippen molar-refractivity contribution in [1.29, 1.82) is 0 Å². The molecule has 3 N–H and O–H groups in total. The van der Waals surface area contributed by atoms with Crippen LogP contribution in [-0.4, -0.2) is 59.4 Å². The van der Waals surface area contributed by atoms with Crippen LogP contribution < -0.4 is 10.6 Å². The molecular formula is C29H36F2N2O7. The van der Waals surface area contributed by atoms with Gasteiger partial charge in [0.15, 0.2) is 0 Å². The van der Waals surface area contributed by atoms with Crippen LogP contribution in [0.2, 0.25) is 0 Å². The number of hydrogen-bond acceptors (Lipinski definition) is 6. The summed E-state index contributed by atoms with van der Waals surface area (Å²) in [6.45, 7) is 4.74. The van der Waals surface area contributed by atoms with E-state index in [4.69, 9.17) is 14.2 Å². The van der Waals surface area contributed by atoms with Crippen LogP contribution in [0, 0.1) is 5.92 Å². The van der Waals surface area contributed by atoms with Gasteiger partial charge in [-0.15, -0.1) is 0 Å². The summed E-state index contributed by atoms with van der Waals surface area (Å²) in [6, 6.07) is 14.5. The average Bonchev–Trinajstić information content (AvgIpc) is 2.92. The third-order valence-corrected chi connectivity index (χ3v) is 6.86. The van der Waals surface area contributed by atoms with Crippen molar-refractivity contribution >= 4 is 18.0 Å². The minimum atomic E-state index is -3.79. The van der Waals surface area contributed by atoms with E-state index in [0.717, 1.165) is 5.56 Å². The Morgan fingerprint density at radius 3 is 2.12 bits per heavy atom. The highest BCUT2D eigenvalue weighted by atomic mass is 19.3. The van der Waals surface area contributed by atoms with Gasteiger partial charge in [0.05, 0.1) is 24.9 Å². The standard InChI is InChI=1S/C29H36F2N2O7/c1-4-23-18(2)25(38-16-20-11-7-5-8-12-20)24(32-19(3)34)26(40-23)29(30,31)15-22(27(35)36)33-28(37)39-17-21-13-9-6-10-14-21/h5-14,18,22-26H,4,15-17H2,1-3H3,(H,32,34)(H,33,37)(H,35,36)/t18-,22-,23+,24+,25-,26-/m0/s1. The van der Waals surface area contributed by atoms with E-state index in [1.807, 2.05) is 35.6 Å². The van der Waals surface area contributed by atoms with Gasteiger partial charge in [0.2, 0.25) is 5.91 Å². The highest BCUT2D eigenvalue weighted by Gasteiger charge is 2.56. The van der Waals surface area contributed by atoms with Crippen LogP contribution in [0.3, 0.4) is 0 Å². The van der Waals surface area contributed by atoms with Crippen molar-refractivity contribution in [1.82, 2.24) is 10.6 Å². The monoisotopic (exact) mass is 562 g/mol. The lowest BCUT2D eigenvalue weighted by Crippen LogP contribution is -2.66. The molecule has 1 heterocycles. The fourth-order valence-corrected chi connectivity index (χ4v) is 4.85. The Hall–Kier alpha value is -3.57. The number of carboxylic acids is 1. The summed E-state index contributed by atoms with van der Waals surface area (Å²) < 4.78 is 48.8. The second-order valence-corrected chi connectivity index (χ2v) is 9.91. The summed E-state index contributed by atoms with van der Waals surface area (Å²) in [5.74, 6) is -6.38. The lowest BCUT2D eigenvalue weighted by atomic mass is 9.82. The Balaban J connectivity index is 1.78. The van der Waals surface area contributed by atoms with Crippen LogP contribution in [0.15, 0.2) is 60.7 Å². The number of carboxylic acid groups (broad SMARTS) is 1. The van der Waals surface area contributed by atoms with Crippen molar-refractivity contribution in [3.63, 3.8) is 0 Å². The van der Waals surface area contributed by atoms with Crippen molar-refractivity contribution in [2.45, 2.75) is 83.1 Å². The molecule has 1 aliphatic rings. The number of ether oxygens (including phenoxy) is 3. The van der Waals surface area contributed by atoms with E-state index in [1.54, 1.807) is 44.2 Å². The lowest BCUT2D eigenvalue weighted by molar-refractivity contribution is -0.241. The van der Waals surface area contributed by atoms with Crippen LogP contribution >= 0.6 is 0 Å². The number of rotatable bonds is 12. The first-order valence-electron chi connectivity index (χ1n) is 13.2. The van der Waals surface area contributed by atoms with E-state index in [1.165, 1.54) is 6.92 Å². The number of benzene rings is 2. The van der Waals surface area contributed by atoms with E-state index in [2.05, 4.69) is 5.32 Å². The Morgan fingerprint density at radius 1 is 1.02 bits per heavy atom.